The Bertz CT molecular complexity index is 312. The molecule has 0 aliphatic rings. The lowest BCUT2D eigenvalue weighted by Crippen LogP contribution is -2.39. The van der Waals surface area contributed by atoms with Crippen molar-refractivity contribution in [1.29, 1.82) is 0 Å². The van der Waals surface area contributed by atoms with Gasteiger partial charge in [0.25, 0.3) is 0 Å². The highest BCUT2D eigenvalue weighted by Crippen LogP contribution is 1.88. The van der Waals surface area contributed by atoms with Gasteiger partial charge in [-0.2, -0.15) is 5.01 Å². The summed E-state index contributed by atoms with van der Waals surface area (Å²) in [5.41, 5.74) is 19.1. The molecule has 0 fully saturated rings. The molecule has 10 nitrogen and oxygen atoms in total. The predicted octanol–water partition coefficient (Wildman–Crippen LogP) is -2.04. The minimum Gasteiger partial charge on any atom is -0.370 e. The van der Waals surface area contributed by atoms with E-state index in [0.29, 0.717) is 5.01 Å². The number of nitrogens with two attached hydrogens (primary N) is 4. The number of nitroso groups, excluding NO2 is 1. The molecule has 0 aliphatic carbocycles. The van der Waals surface area contributed by atoms with Crippen LogP contribution in [-0.2, 0) is 9.59 Å². The van der Waals surface area contributed by atoms with Crippen molar-refractivity contribution >= 4 is 29.4 Å². The fourth-order valence-electron chi connectivity index (χ4n) is 0.589. The van der Waals surface area contributed by atoms with Crippen molar-refractivity contribution in [3.05, 3.63) is 4.91 Å². The number of carbonyl (C=O) groups is 3. The first-order valence-electron chi connectivity index (χ1n) is 4.55. The maximum atomic E-state index is 10.1. The Labute approximate surface area is 108 Å². The minimum absolute atomic E-state index is 0.0559. The minimum atomic E-state index is -0.942. The summed E-state index contributed by atoms with van der Waals surface area (Å²) < 4.78 is 0. The Hall–Kier alpha value is -1.94. The maximum absolute atomic E-state index is 10.1. The number of hydrogen-bond donors (Lipinski definition) is 4. The Balaban J connectivity index is 0. The summed E-state index contributed by atoms with van der Waals surface area (Å²) in [6, 6.07) is -1.83. The van der Waals surface area contributed by atoms with Crippen LogP contribution in [0.15, 0.2) is 5.29 Å². The van der Waals surface area contributed by atoms with Gasteiger partial charge in [-0.05, 0) is 0 Å². The zero-order chi connectivity index (χ0) is 14.7. The summed E-state index contributed by atoms with van der Waals surface area (Å²) in [6.45, 7) is 0.0559. The van der Waals surface area contributed by atoms with Crippen LogP contribution in [0.1, 0.15) is 6.42 Å². The van der Waals surface area contributed by atoms with Gasteiger partial charge in [0.2, 0.25) is 11.8 Å². The molecule has 0 heterocycles. The second kappa shape index (κ2) is 10.2. The summed E-state index contributed by atoms with van der Waals surface area (Å²) in [4.78, 5) is 39.9. The molecule has 0 saturated carbocycles. The van der Waals surface area contributed by atoms with Crippen LogP contribution in [0, 0.1) is 4.91 Å². The van der Waals surface area contributed by atoms with Crippen molar-refractivity contribution in [2.24, 2.45) is 28.2 Å². The smallest absolute Gasteiger partial charge is 0.337 e. The largest absolute Gasteiger partial charge is 0.370 e. The van der Waals surface area contributed by atoms with Crippen LogP contribution in [0.4, 0.5) is 4.79 Å². The SMILES string of the molecule is NC(=O)C[C@H](N)C(N)=O.NC(=O)N(CCCl)N=O. The van der Waals surface area contributed by atoms with Gasteiger partial charge in [-0.25, -0.2) is 4.79 Å². The number of nitrogens with zero attached hydrogens (tertiary/aromatic N) is 2. The zero-order valence-electron chi connectivity index (χ0n) is 9.41. The third kappa shape index (κ3) is 10.6. The van der Waals surface area contributed by atoms with E-state index in [0.717, 1.165) is 0 Å². The van der Waals surface area contributed by atoms with Crippen LogP contribution < -0.4 is 22.9 Å². The lowest BCUT2D eigenvalue weighted by molar-refractivity contribution is -0.124. The highest BCUT2D eigenvalue weighted by Gasteiger charge is 2.10. The lowest BCUT2D eigenvalue weighted by Gasteiger charge is -2.05. The third-order valence-corrected chi connectivity index (χ3v) is 1.60. The van der Waals surface area contributed by atoms with E-state index >= 15 is 0 Å². The fraction of sp³-hybridized carbons (Fsp3) is 0.571. The number of amides is 4. The molecule has 0 rings (SSSR count). The van der Waals surface area contributed by atoms with E-state index in [-0.39, 0.29) is 18.8 Å². The van der Waals surface area contributed by atoms with Crippen molar-refractivity contribution in [1.82, 2.24) is 5.01 Å². The second-order valence-electron chi connectivity index (χ2n) is 2.91. The molecule has 0 unspecified atom stereocenters. The number of carbonyl (C=O) groups excluding carboxylic acids is 3. The van der Waals surface area contributed by atoms with Gasteiger partial charge in [0, 0.05) is 5.88 Å². The molecule has 0 saturated heterocycles. The molecule has 0 bridgehead atoms. The topological polar surface area (TPSA) is 188 Å². The number of hydrogen-bond acceptors (Lipinski definition) is 6. The van der Waals surface area contributed by atoms with Crippen LogP contribution in [0.25, 0.3) is 0 Å². The Morgan fingerprint density at radius 2 is 1.72 bits per heavy atom. The van der Waals surface area contributed by atoms with E-state index in [1.807, 2.05) is 0 Å². The molecule has 4 amide bonds. The highest BCUT2D eigenvalue weighted by molar-refractivity contribution is 6.18. The van der Waals surface area contributed by atoms with Crippen LogP contribution in [0.2, 0.25) is 0 Å². The molecule has 8 N–H and O–H groups in total. The van der Waals surface area contributed by atoms with Gasteiger partial charge < -0.3 is 22.9 Å². The molecule has 0 aromatic heterocycles. The van der Waals surface area contributed by atoms with E-state index in [9.17, 15) is 19.3 Å². The zero-order valence-corrected chi connectivity index (χ0v) is 10.2. The van der Waals surface area contributed by atoms with Gasteiger partial charge in [-0.1, -0.05) is 0 Å². The summed E-state index contributed by atoms with van der Waals surface area (Å²) in [7, 11) is 0. The number of halogens is 1. The van der Waals surface area contributed by atoms with Crippen LogP contribution in [0.5, 0.6) is 0 Å². The number of primary amides is 3. The third-order valence-electron chi connectivity index (χ3n) is 1.44. The fourth-order valence-corrected chi connectivity index (χ4v) is 0.749. The standard InChI is InChI=1S/C4H9N3O2.C3H6ClN3O2/c5-2(4(7)9)1-3(6)8;4-1-2-7(6-9)3(5)8/h2H,1,5H2,(H2,6,8)(H2,7,9);1-2H2,(H2,5,8)/t2-;/m0./s1. The molecule has 0 aromatic rings. The maximum Gasteiger partial charge on any atom is 0.337 e. The van der Waals surface area contributed by atoms with Gasteiger partial charge in [-0.3, -0.25) is 9.59 Å². The number of alkyl halides is 1. The Morgan fingerprint density at radius 3 is 1.83 bits per heavy atom. The van der Waals surface area contributed by atoms with Crippen molar-refractivity contribution in [2.45, 2.75) is 12.5 Å². The second-order valence-corrected chi connectivity index (χ2v) is 3.29. The lowest BCUT2D eigenvalue weighted by atomic mass is 10.2. The van der Waals surface area contributed by atoms with Crippen molar-refractivity contribution in [2.75, 3.05) is 12.4 Å². The highest BCUT2D eigenvalue weighted by atomic mass is 35.5. The first-order chi connectivity index (χ1) is 8.26. The molecular weight excluding hydrogens is 268 g/mol. The van der Waals surface area contributed by atoms with Crippen molar-refractivity contribution < 1.29 is 14.4 Å². The van der Waals surface area contributed by atoms with Gasteiger partial charge in [-0.15, -0.1) is 16.5 Å². The molecular formula is C7H15ClN6O4. The van der Waals surface area contributed by atoms with E-state index in [1.165, 1.54) is 0 Å². The summed E-state index contributed by atoms with van der Waals surface area (Å²) in [5.74, 6) is -1.19. The molecule has 0 aliphatic heterocycles. The summed E-state index contributed by atoms with van der Waals surface area (Å²) >= 11 is 5.17. The number of urea groups is 1. The normalized spacial score (nSPS) is 10.6. The molecule has 11 heteroatoms. The predicted molar refractivity (Wildman–Crippen MR) is 63.8 cm³/mol. The monoisotopic (exact) mass is 282 g/mol. The van der Waals surface area contributed by atoms with E-state index in [4.69, 9.17) is 28.8 Å². The summed E-state index contributed by atoms with van der Waals surface area (Å²) in [5, 5.41) is 2.85. The summed E-state index contributed by atoms with van der Waals surface area (Å²) in [6.07, 6.45) is -0.185. The van der Waals surface area contributed by atoms with Crippen LogP contribution in [0.3, 0.4) is 0 Å². The van der Waals surface area contributed by atoms with E-state index < -0.39 is 23.9 Å². The van der Waals surface area contributed by atoms with Crippen molar-refractivity contribution in [3.8, 4) is 0 Å². The molecule has 18 heavy (non-hydrogen) atoms. The van der Waals surface area contributed by atoms with Crippen LogP contribution in [-0.4, -0.2) is 41.3 Å². The quantitative estimate of drug-likeness (QED) is 0.247. The molecule has 0 spiro atoms. The first-order valence-corrected chi connectivity index (χ1v) is 5.09. The van der Waals surface area contributed by atoms with Crippen LogP contribution >= 0.6 is 11.6 Å². The Kier molecular flexibility index (Phi) is 10.5. The Morgan fingerprint density at radius 1 is 1.22 bits per heavy atom. The number of rotatable bonds is 6. The average Bonchev–Trinajstić information content (AvgIpc) is 2.25. The van der Waals surface area contributed by atoms with Gasteiger partial charge >= 0.3 is 6.03 Å². The first kappa shape index (κ1) is 18.4. The molecule has 1 atom stereocenters. The van der Waals surface area contributed by atoms with Gasteiger partial charge in [0.05, 0.1) is 24.3 Å². The van der Waals surface area contributed by atoms with E-state index in [2.05, 4.69) is 11.0 Å². The molecule has 0 aromatic carbocycles. The average molecular weight is 283 g/mol. The molecule has 104 valence electrons. The van der Waals surface area contributed by atoms with Gasteiger partial charge in [0.15, 0.2) is 0 Å². The van der Waals surface area contributed by atoms with Gasteiger partial charge in [0.1, 0.15) is 0 Å². The molecule has 0 radical (unpaired) electrons. The van der Waals surface area contributed by atoms with Crippen molar-refractivity contribution in [3.63, 3.8) is 0 Å². The van der Waals surface area contributed by atoms with E-state index in [1.54, 1.807) is 0 Å².